The lowest BCUT2D eigenvalue weighted by atomic mass is 10.1. The molecule has 4 nitrogen and oxygen atoms in total. The lowest BCUT2D eigenvalue weighted by Gasteiger charge is -2.32. The Balaban J connectivity index is 0.00000169. The largest absolute Gasteiger partial charge is 0.336 e. The van der Waals surface area contributed by atoms with Crippen LogP contribution >= 0.6 is 23.7 Å². The van der Waals surface area contributed by atoms with Crippen molar-refractivity contribution in [3.63, 3.8) is 0 Å². The van der Waals surface area contributed by atoms with Crippen LogP contribution in [0.15, 0.2) is 6.07 Å². The summed E-state index contributed by atoms with van der Waals surface area (Å²) in [6.07, 6.45) is 7.39. The van der Waals surface area contributed by atoms with E-state index in [1.165, 1.54) is 42.5 Å². The number of thiophene rings is 1. The third-order valence-electron chi connectivity index (χ3n) is 5.58. The van der Waals surface area contributed by atoms with Gasteiger partial charge >= 0.3 is 0 Å². The summed E-state index contributed by atoms with van der Waals surface area (Å²) < 4.78 is 0. The molecular formula is C18H28ClN3OS. The Kier molecular flexibility index (Phi) is 6.19. The Labute approximate surface area is 155 Å². The van der Waals surface area contributed by atoms with Gasteiger partial charge in [-0.3, -0.25) is 9.69 Å². The average Bonchev–Trinajstić information content (AvgIpc) is 3.18. The van der Waals surface area contributed by atoms with E-state index in [0.717, 1.165) is 50.6 Å². The standard InChI is InChI=1S/C18H27N3OS.ClH/c22-18(17-12-14-4-2-1-3-5-16(14)23-17)21-9-6-15(13-21)20-10-7-19-8-11-20;/h12,15,19H,1-11,13H2;1H. The van der Waals surface area contributed by atoms with Crippen molar-refractivity contribution in [1.29, 1.82) is 0 Å². The van der Waals surface area contributed by atoms with Gasteiger partial charge in [0.2, 0.25) is 0 Å². The maximum atomic E-state index is 12.9. The van der Waals surface area contributed by atoms with Crippen LogP contribution in [-0.2, 0) is 12.8 Å². The van der Waals surface area contributed by atoms with Gasteiger partial charge in [0.1, 0.15) is 0 Å². The van der Waals surface area contributed by atoms with E-state index in [2.05, 4.69) is 21.2 Å². The predicted octanol–water partition coefficient (Wildman–Crippen LogP) is 2.56. The molecule has 3 aliphatic rings. The molecule has 3 heterocycles. The van der Waals surface area contributed by atoms with Crippen LogP contribution in [0.25, 0.3) is 0 Å². The van der Waals surface area contributed by atoms with Crippen LogP contribution in [0.1, 0.15) is 45.8 Å². The predicted molar refractivity (Wildman–Crippen MR) is 102 cm³/mol. The van der Waals surface area contributed by atoms with E-state index >= 15 is 0 Å². The number of rotatable bonds is 2. The molecule has 0 radical (unpaired) electrons. The Hall–Kier alpha value is -0.620. The van der Waals surface area contributed by atoms with Crippen LogP contribution in [0.4, 0.5) is 0 Å². The van der Waals surface area contributed by atoms with Gasteiger partial charge in [-0.2, -0.15) is 0 Å². The summed E-state index contributed by atoms with van der Waals surface area (Å²) in [5, 5.41) is 3.41. The molecule has 2 aliphatic heterocycles. The second kappa shape index (κ2) is 8.17. The van der Waals surface area contributed by atoms with Crippen molar-refractivity contribution >= 4 is 29.7 Å². The Morgan fingerprint density at radius 1 is 1.12 bits per heavy atom. The maximum absolute atomic E-state index is 12.9. The molecule has 4 rings (SSSR count). The minimum atomic E-state index is 0. The molecule has 1 atom stereocenters. The van der Waals surface area contributed by atoms with Crippen molar-refractivity contribution < 1.29 is 4.79 Å². The molecule has 1 aliphatic carbocycles. The number of nitrogens with zero attached hydrogens (tertiary/aromatic N) is 2. The topological polar surface area (TPSA) is 35.6 Å². The molecule has 2 saturated heterocycles. The third kappa shape index (κ3) is 3.79. The highest BCUT2D eigenvalue weighted by atomic mass is 35.5. The fourth-order valence-electron chi connectivity index (χ4n) is 4.20. The van der Waals surface area contributed by atoms with Crippen LogP contribution in [0, 0.1) is 0 Å². The first-order valence-corrected chi connectivity index (χ1v) is 9.98. The first-order chi connectivity index (χ1) is 11.3. The number of hydrogen-bond donors (Lipinski definition) is 1. The number of aryl methyl sites for hydroxylation is 2. The van der Waals surface area contributed by atoms with Crippen molar-refractivity contribution in [1.82, 2.24) is 15.1 Å². The second-order valence-electron chi connectivity index (χ2n) is 7.10. The molecule has 0 bridgehead atoms. The lowest BCUT2D eigenvalue weighted by Crippen LogP contribution is -2.49. The Bertz CT molecular complexity index is 547. The van der Waals surface area contributed by atoms with E-state index in [1.807, 2.05) is 0 Å². The van der Waals surface area contributed by atoms with Crippen LogP contribution < -0.4 is 5.32 Å². The fraction of sp³-hybridized carbons (Fsp3) is 0.722. The number of carbonyl (C=O) groups is 1. The van der Waals surface area contributed by atoms with Gasteiger partial charge in [-0.05, 0) is 43.7 Å². The smallest absolute Gasteiger partial charge is 0.263 e. The molecule has 0 aromatic carbocycles. The molecule has 134 valence electrons. The number of piperazine rings is 1. The van der Waals surface area contributed by atoms with Crippen molar-refractivity contribution in [3.8, 4) is 0 Å². The monoisotopic (exact) mass is 369 g/mol. The quantitative estimate of drug-likeness (QED) is 0.814. The van der Waals surface area contributed by atoms with Gasteiger partial charge < -0.3 is 10.2 Å². The van der Waals surface area contributed by atoms with E-state index in [-0.39, 0.29) is 18.3 Å². The van der Waals surface area contributed by atoms with Crippen LogP contribution in [0.2, 0.25) is 0 Å². The number of amides is 1. The van der Waals surface area contributed by atoms with Gasteiger partial charge in [0.05, 0.1) is 4.88 Å². The summed E-state index contributed by atoms with van der Waals surface area (Å²) in [5.74, 6) is 0.278. The molecule has 24 heavy (non-hydrogen) atoms. The van der Waals surface area contributed by atoms with Crippen molar-refractivity contribution in [2.45, 2.75) is 44.6 Å². The molecule has 1 aromatic rings. The second-order valence-corrected chi connectivity index (χ2v) is 8.24. The number of halogens is 1. The van der Waals surface area contributed by atoms with Gasteiger partial charge in [0.15, 0.2) is 0 Å². The normalized spacial score (nSPS) is 25.0. The molecular weight excluding hydrogens is 342 g/mol. The molecule has 1 unspecified atom stereocenters. The van der Waals surface area contributed by atoms with Crippen LogP contribution in [0.5, 0.6) is 0 Å². The van der Waals surface area contributed by atoms with Crippen molar-refractivity contribution in [2.75, 3.05) is 39.3 Å². The third-order valence-corrected chi connectivity index (χ3v) is 6.80. The molecule has 1 aromatic heterocycles. The zero-order valence-electron chi connectivity index (χ0n) is 14.3. The first-order valence-electron chi connectivity index (χ1n) is 9.17. The fourth-order valence-corrected chi connectivity index (χ4v) is 5.42. The Morgan fingerprint density at radius 2 is 1.92 bits per heavy atom. The van der Waals surface area contributed by atoms with E-state index < -0.39 is 0 Å². The summed E-state index contributed by atoms with van der Waals surface area (Å²) in [6, 6.07) is 2.77. The highest BCUT2D eigenvalue weighted by molar-refractivity contribution is 7.14. The van der Waals surface area contributed by atoms with E-state index in [9.17, 15) is 4.79 Å². The number of nitrogens with one attached hydrogen (secondary N) is 1. The van der Waals surface area contributed by atoms with E-state index in [0.29, 0.717) is 6.04 Å². The SMILES string of the molecule is Cl.O=C(c1cc2c(s1)CCCCC2)N1CCC(N2CCNCC2)C1. The summed E-state index contributed by atoms with van der Waals surface area (Å²) >= 11 is 1.77. The maximum Gasteiger partial charge on any atom is 0.263 e. The minimum Gasteiger partial charge on any atom is -0.336 e. The Morgan fingerprint density at radius 3 is 2.75 bits per heavy atom. The van der Waals surface area contributed by atoms with E-state index in [1.54, 1.807) is 11.3 Å². The van der Waals surface area contributed by atoms with Gasteiger partial charge in [0.25, 0.3) is 5.91 Å². The molecule has 0 saturated carbocycles. The molecule has 2 fully saturated rings. The van der Waals surface area contributed by atoms with Gasteiger partial charge in [0, 0.05) is 50.2 Å². The lowest BCUT2D eigenvalue weighted by molar-refractivity contribution is 0.0778. The summed E-state index contributed by atoms with van der Waals surface area (Å²) in [5.41, 5.74) is 1.45. The minimum absolute atomic E-state index is 0. The number of carbonyl (C=O) groups excluding carboxylic acids is 1. The average molecular weight is 370 g/mol. The zero-order chi connectivity index (χ0) is 15.6. The van der Waals surface area contributed by atoms with E-state index in [4.69, 9.17) is 0 Å². The highest BCUT2D eigenvalue weighted by Gasteiger charge is 2.32. The van der Waals surface area contributed by atoms with Crippen LogP contribution in [0.3, 0.4) is 0 Å². The molecule has 1 amide bonds. The molecule has 1 N–H and O–H groups in total. The number of hydrogen-bond acceptors (Lipinski definition) is 4. The highest BCUT2D eigenvalue weighted by Crippen LogP contribution is 2.30. The number of likely N-dealkylation sites (tertiary alicyclic amines) is 1. The zero-order valence-corrected chi connectivity index (χ0v) is 15.9. The summed E-state index contributed by atoms with van der Waals surface area (Å²) in [6.45, 7) is 6.27. The van der Waals surface area contributed by atoms with Crippen molar-refractivity contribution in [3.05, 3.63) is 21.4 Å². The van der Waals surface area contributed by atoms with Gasteiger partial charge in [-0.1, -0.05) is 6.42 Å². The summed E-state index contributed by atoms with van der Waals surface area (Å²) in [4.78, 5) is 20.0. The number of fused-ring (bicyclic) bond motifs is 1. The van der Waals surface area contributed by atoms with Crippen LogP contribution in [-0.4, -0.2) is 61.0 Å². The molecule has 0 spiro atoms. The summed E-state index contributed by atoms with van der Waals surface area (Å²) in [7, 11) is 0. The van der Waals surface area contributed by atoms with Gasteiger partial charge in [-0.15, -0.1) is 23.7 Å². The van der Waals surface area contributed by atoms with Crippen molar-refractivity contribution in [2.24, 2.45) is 0 Å². The van der Waals surface area contributed by atoms with Gasteiger partial charge in [-0.25, -0.2) is 0 Å². The molecule has 6 heteroatoms. The first kappa shape index (κ1) is 18.2.